The molecule has 7 heteroatoms. The number of anilines is 1. The molecule has 32 heavy (non-hydrogen) atoms. The first-order valence-electron chi connectivity index (χ1n) is 11.1. The Balaban J connectivity index is 1.62. The minimum atomic E-state index is 0.146. The number of benzene rings is 2. The molecule has 2 aromatic carbocycles. The van der Waals surface area contributed by atoms with Crippen molar-refractivity contribution in [2.45, 2.75) is 26.3 Å². The summed E-state index contributed by atoms with van der Waals surface area (Å²) in [5.41, 5.74) is 9.89. The number of hydrogen-bond acceptors (Lipinski definition) is 7. The Kier molecular flexibility index (Phi) is 8.83. The Morgan fingerprint density at radius 2 is 2.00 bits per heavy atom. The molecule has 0 radical (unpaired) electrons. The molecule has 0 aliphatic heterocycles. The van der Waals surface area contributed by atoms with Crippen LogP contribution < -0.4 is 15.8 Å². The summed E-state index contributed by atoms with van der Waals surface area (Å²) in [6.07, 6.45) is 3.51. The van der Waals surface area contributed by atoms with Crippen LogP contribution in [0.25, 0.3) is 11.3 Å². The van der Waals surface area contributed by atoms with Crippen molar-refractivity contribution in [3.05, 3.63) is 65.9 Å². The number of phenolic OH excluding ortho intramolecular Hbond substituents is 1. The number of aromatic nitrogens is 2. The Hall–Kier alpha value is -3.16. The third-order valence-corrected chi connectivity index (χ3v) is 5.35. The fraction of sp³-hybridized carbons (Fsp3) is 0.360. The highest BCUT2D eigenvalue weighted by molar-refractivity contribution is 5.61. The molecule has 0 unspecified atom stereocenters. The van der Waals surface area contributed by atoms with Gasteiger partial charge in [0.2, 0.25) is 5.95 Å². The minimum absolute atomic E-state index is 0.146. The monoisotopic (exact) mass is 435 g/mol. The normalized spacial score (nSPS) is 11.0. The molecular weight excluding hydrogens is 402 g/mol. The summed E-state index contributed by atoms with van der Waals surface area (Å²) in [6, 6.07) is 15.9. The van der Waals surface area contributed by atoms with Gasteiger partial charge >= 0.3 is 0 Å². The number of nitrogens with one attached hydrogen (secondary N) is 1. The highest BCUT2D eigenvalue weighted by Crippen LogP contribution is 2.26. The molecular formula is C25H33N5O2. The van der Waals surface area contributed by atoms with Gasteiger partial charge in [-0.25, -0.2) is 9.97 Å². The Labute approximate surface area is 190 Å². The summed E-state index contributed by atoms with van der Waals surface area (Å²) < 4.78 is 5.09. The van der Waals surface area contributed by atoms with Crippen LogP contribution in [0.3, 0.4) is 0 Å². The van der Waals surface area contributed by atoms with Crippen LogP contribution in [-0.2, 0) is 13.0 Å². The first-order chi connectivity index (χ1) is 15.6. The lowest BCUT2D eigenvalue weighted by molar-refractivity contribution is 0.278. The molecule has 0 fully saturated rings. The van der Waals surface area contributed by atoms with Gasteiger partial charge in [-0.1, -0.05) is 31.2 Å². The van der Waals surface area contributed by atoms with Crippen molar-refractivity contribution < 1.29 is 9.84 Å². The zero-order chi connectivity index (χ0) is 22.8. The van der Waals surface area contributed by atoms with E-state index in [1.807, 2.05) is 12.1 Å². The number of rotatable bonds is 12. The number of nitrogens with zero attached hydrogens (tertiary/aromatic N) is 3. The molecule has 0 atom stereocenters. The van der Waals surface area contributed by atoms with E-state index in [4.69, 9.17) is 10.5 Å². The van der Waals surface area contributed by atoms with E-state index in [1.165, 1.54) is 12.7 Å². The molecule has 0 saturated heterocycles. The SMILES string of the molecule is CCN(CCCN)Cc1cccc(-c2ccnc(NCCc3ccc(OC)c(O)c3)n2)c1. The molecule has 7 nitrogen and oxygen atoms in total. The fourth-order valence-electron chi connectivity index (χ4n) is 3.57. The summed E-state index contributed by atoms with van der Waals surface area (Å²) in [7, 11) is 1.54. The van der Waals surface area contributed by atoms with Gasteiger partial charge in [-0.2, -0.15) is 0 Å². The molecule has 3 rings (SSSR count). The minimum Gasteiger partial charge on any atom is -0.504 e. The van der Waals surface area contributed by atoms with Crippen LogP contribution in [0, 0.1) is 0 Å². The summed E-state index contributed by atoms with van der Waals surface area (Å²) in [5, 5.41) is 13.2. The van der Waals surface area contributed by atoms with E-state index >= 15 is 0 Å². The molecule has 0 bridgehead atoms. The van der Waals surface area contributed by atoms with E-state index in [-0.39, 0.29) is 5.75 Å². The number of nitrogens with two attached hydrogens (primary N) is 1. The first-order valence-corrected chi connectivity index (χ1v) is 11.1. The van der Waals surface area contributed by atoms with Crippen molar-refractivity contribution >= 4 is 5.95 Å². The van der Waals surface area contributed by atoms with Crippen LogP contribution in [0.5, 0.6) is 11.5 Å². The topological polar surface area (TPSA) is 96.5 Å². The molecule has 0 aliphatic rings. The number of hydrogen-bond donors (Lipinski definition) is 3. The number of methoxy groups -OCH3 is 1. The molecule has 1 heterocycles. The van der Waals surface area contributed by atoms with E-state index in [2.05, 4.69) is 51.4 Å². The highest BCUT2D eigenvalue weighted by atomic mass is 16.5. The predicted molar refractivity (Wildman–Crippen MR) is 129 cm³/mol. The average molecular weight is 436 g/mol. The van der Waals surface area contributed by atoms with Crippen molar-refractivity contribution in [2.24, 2.45) is 5.73 Å². The number of aromatic hydroxyl groups is 1. The molecule has 4 N–H and O–H groups in total. The molecule has 0 spiro atoms. The van der Waals surface area contributed by atoms with E-state index in [0.29, 0.717) is 24.8 Å². The molecule has 3 aromatic rings. The Bertz CT molecular complexity index is 996. The van der Waals surface area contributed by atoms with Gasteiger partial charge in [0, 0.05) is 24.8 Å². The summed E-state index contributed by atoms with van der Waals surface area (Å²) in [5.74, 6) is 1.21. The lowest BCUT2D eigenvalue weighted by atomic mass is 10.1. The Morgan fingerprint density at radius 3 is 2.75 bits per heavy atom. The van der Waals surface area contributed by atoms with E-state index in [0.717, 1.165) is 49.3 Å². The van der Waals surface area contributed by atoms with Gasteiger partial charge in [0.1, 0.15) is 0 Å². The molecule has 0 aliphatic carbocycles. The van der Waals surface area contributed by atoms with Gasteiger partial charge in [-0.15, -0.1) is 0 Å². The molecule has 0 amide bonds. The summed E-state index contributed by atoms with van der Waals surface area (Å²) in [4.78, 5) is 11.4. The number of phenols is 1. The second-order valence-corrected chi connectivity index (χ2v) is 7.66. The Morgan fingerprint density at radius 1 is 1.12 bits per heavy atom. The quantitative estimate of drug-likeness (QED) is 0.399. The first kappa shape index (κ1) is 23.5. The van der Waals surface area contributed by atoms with Crippen LogP contribution in [0.15, 0.2) is 54.7 Å². The second-order valence-electron chi connectivity index (χ2n) is 7.66. The van der Waals surface area contributed by atoms with E-state index in [1.54, 1.807) is 18.3 Å². The van der Waals surface area contributed by atoms with Gasteiger partial charge in [0.05, 0.1) is 12.8 Å². The summed E-state index contributed by atoms with van der Waals surface area (Å²) in [6.45, 7) is 6.45. The lowest BCUT2D eigenvalue weighted by Gasteiger charge is -2.20. The van der Waals surface area contributed by atoms with Crippen LogP contribution in [0.2, 0.25) is 0 Å². The smallest absolute Gasteiger partial charge is 0.223 e. The van der Waals surface area contributed by atoms with Crippen molar-refractivity contribution in [2.75, 3.05) is 38.6 Å². The van der Waals surface area contributed by atoms with Gasteiger partial charge in [0.15, 0.2) is 11.5 Å². The maximum Gasteiger partial charge on any atom is 0.223 e. The zero-order valence-corrected chi connectivity index (χ0v) is 18.9. The third-order valence-electron chi connectivity index (χ3n) is 5.35. The van der Waals surface area contributed by atoms with Crippen molar-refractivity contribution in [3.8, 4) is 22.8 Å². The van der Waals surface area contributed by atoms with Gasteiger partial charge in [0.25, 0.3) is 0 Å². The maximum atomic E-state index is 9.93. The third kappa shape index (κ3) is 6.67. The van der Waals surface area contributed by atoms with Gasteiger partial charge in [-0.05, 0) is 67.9 Å². The summed E-state index contributed by atoms with van der Waals surface area (Å²) >= 11 is 0. The van der Waals surface area contributed by atoms with Crippen LogP contribution >= 0.6 is 0 Å². The molecule has 0 saturated carbocycles. The zero-order valence-electron chi connectivity index (χ0n) is 18.9. The molecule has 170 valence electrons. The largest absolute Gasteiger partial charge is 0.504 e. The van der Waals surface area contributed by atoms with Crippen molar-refractivity contribution in [3.63, 3.8) is 0 Å². The second kappa shape index (κ2) is 12.0. The van der Waals surface area contributed by atoms with Crippen LogP contribution in [0.1, 0.15) is 24.5 Å². The highest BCUT2D eigenvalue weighted by Gasteiger charge is 2.07. The van der Waals surface area contributed by atoms with Crippen LogP contribution in [0.4, 0.5) is 5.95 Å². The van der Waals surface area contributed by atoms with Crippen LogP contribution in [-0.4, -0.2) is 53.3 Å². The van der Waals surface area contributed by atoms with Gasteiger partial charge in [-0.3, -0.25) is 4.90 Å². The fourth-order valence-corrected chi connectivity index (χ4v) is 3.57. The van der Waals surface area contributed by atoms with E-state index in [9.17, 15) is 5.11 Å². The van der Waals surface area contributed by atoms with Crippen molar-refractivity contribution in [1.82, 2.24) is 14.9 Å². The molecule has 1 aromatic heterocycles. The average Bonchev–Trinajstić information content (AvgIpc) is 2.82. The lowest BCUT2D eigenvalue weighted by Crippen LogP contribution is -2.25. The maximum absolute atomic E-state index is 9.93. The van der Waals surface area contributed by atoms with E-state index < -0.39 is 0 Å². The standard InChI is InChI=1S/C25H33N5O2/c1-3-30(15-5-12-26)18-20-6-4-7-21(16-20)22-11-14-28-25(29-22)27-13-10-19-8-9-24(32-2)23(31)17-19/h4,6-9,11,14,16-17,31H,3,5,10,12-13,15,18,26H2,1-2H3,(H,27,28,29). The van der Waals surface area contributed by atoms with Gasteiger partial charge < -0.3 is 20.9 Å². The predicted octanol–water partition coefficient (Wildman–Crippen LogP) is 3.68. The number of ether oxygens (including phenoxy) is 1. The van der Waals surface area contributed by atoms with Crippen molar-refractivity contribution in [1.29, 1.82) is 0 Å².